The Labute approximate surface area is 147 Å². The molecular weight excluding hydrogens is 345 g/mol. The van der Waals surface area contributed by atoms with Gasteiger partial charge in [-0.05, 0) is 41.8 Å². The zero-order valence-corrected chi connectivity index (χ0v) is 15.3. The molecule has 1 aromatic heterocycles. The molecule has 1 atom stereocenters. The molecule has 0 bridgehead atoms. The van der Waals surface area contributed by atoms with Gasteiger partial charge in [-0.3, -0.25) is 4.79 Å². The number of benzene rings is 1. The van der Waals surface area contributed by atoms with Gasteiger partial charge in [0.1, 0.15) is 16.8 Å². The average molecular weight is 367 g/mol. The molecule has 136 valence electrons. The number of carbonyl (C=O) groups is 1. The molecule has 2 aromatic rings. The summed E-state index contributed by atoms with van der Waals surface area (Å²) in [6, 6.07) is 7.71. The van der Waals surface area contributed by atoms with Crippen LogP contribution in [-0.2, 0) is 14.6 Å². The van der Waals surface area contributed by atoms with Gasteiger partial charge in [0, 0.05) is 13.0 Å². The molecular formula is C18H22FNO4S. The van der Waals surface area contributed by atoms with Crippen molar-refractivity contribution in [1.82, 2.24) is 5.32 Å². The molecule has 0 aliphatic heterocycles. The van der Waals surface area contributed by atoms with E-state index in [1.54, 1.807) is 12.1 Å². The van der Waals surface area contributed by atoms with Gasteiger partial charge in [-0.1, -0.05) is 20.8 Å². The lowest BCUT2D eigenvalue weighted by molar-refractivity contribution is -0.122. The minimum absolute atomic E-state index is 0.0274. The molecule has 0 aliphatic carbocycles. The van der Waals surface area contributed by atoms with Crippen LogP contribution < -0.4 is 5.32 Å². The van der Waals surface area contributed by atoms with Gasteiger partial charge < -0.3 is 9.73 Å². The monoisotopic (exact) mass is 367 g/mol. The van der Waals surface area contributed by atoms with Crippen molar-refractivity contribution in [3.8, 4) is 0 Å². The van der Waals surface area contributed by atoms with Crippen molar-refractivity contribution in [2.45, 2.75) is 37.3 Å². The molecule has 0 saturated carbocycles. The van der Waals surface area contributed by atoms with E-state index in [9.17, 15) is 17.6 Å². The van der Waals surface area contributed by atoms with Crippen LogP contribution in [0.15, 0.2) is 52.0 Å². The summed E-state index contributed by atoms with van der Waals surface area (Å²) in [5.74, 6) is -0.536. The number of carbonyl (C=O) groups excluding carboxylic acids is 1. The van der Waals surface area contributed by atoms with Crippen LogP contribution in [-0.4, -0.2) is 20.9 Å². The van der Waals surface area contributed by atoms with E-state index in [-0.39, 0.29) is 34.9 Å². The minimum Gasteiger partial charge on any atom is -0.468 e. The summed E-state index contributed by atoms with van der Waals surface area (Å²) in [5.41, 5.74) is -0.208. The van der Waals surface area contributed by atoms with E-state index in [2.05, 4.69) is 5.32 Å². The smallest absolute Gasteiger partial charge is 0.220 e. The summed E-state index contributed by atoms with van der Waals surface area (Å²) in [6.45, 7) is 5.64. The first kappa shape index (κ1) is 19.2. The van der Waals surface area contributed by atoms with Gasteiger partial charge in [0.05, 0.1) is 11.2 Å². The number of nitrogens with one attached hydrogen (secondary N) is 1. The first-order chi connectivity index (χ1) is 11.6. The van der Waals surface area contributed by atoms with E-state index in [4.69, 9.17) is 4.42 Å². The third-order valence-electron chi connectivity index (χ3n) is 3.55. The Morgan fingerprint density at radius 2 is 1.84 bits per heavy atom. The van der Waals surface area contributed by atoms with E-state index in [0.717, 1.165) is 12.1 Å². The fourth-order valence-corrected chi connectivity index (χ4v) is 3.96. The minimum atomic E-state index is -3.86. The van der Waals surface area contributed by atoms with Crippen molar-refractivity contribution >= 4 is 15.7 Å². The van der Waals surface area contributed by atoms with E-state index >= 15 is 0 Å². The second-order valence-electron chi connectivity index (χ2n) is 7.04. The first-order valence-electron chi connectivity index (χ1n) is 7.89. The van der Waals surface area contributed by atoms with Crippen molar-refractivity contribution in [2.75, 3.05) is 6.54 Å². The van der Waals surface area contributed by atoms with Crippen molar-refractivity contribution in [2.24, 2.45) is 5.41 Å². The second-order valence-corrected chi connectivity index (χ2v) is 9.17. The molecule has 5 nitrogen and oxygen atoms in total. The van der Waals surface area contributed by atoms with Crippen LogP contribution in [0.1, 0.15) is 38.2 Å². The predicted molar refractivity (Wildman–Crippen MR) is 92.1 cm³/mol. The van der Waals surface area contributed by atoms with Gasteiger partial charge >= 0.3 is 0 Å². The van der Waals surface area contributed by atoms with Gasteiger partial charge in [0.25, 0.3) is 0 Å². The number of hydrogen-bond donors (Lipinski definition) is 1. The Hall–Kier alpha value is -2.15. The lowest BCUT2D eigenvalue weighted by atomic mass is 9.92. The van der Waals surface area contributed by atoms with Crippen molar-refractivity contribution in [3.05, 3.63) is 54.2 Å². The first-order valence-corrected chi connectivity index (χ1v) is 9.44. The van der Waals surface area contributed by atoms with Crippen molar-refractivity contribution in [1.29, 1.82) is 0 Å². The van der Waals surface area contributed by atoms with E-state index < -0.39 is 20.9 Å². The van der Waals surface area contributed by atoms with Crippen LogP contribution >= 0.6 is 0 Å². The quantitative estimate of drug-likeness (QED) is 0.793. The topological polar surface area (TPSA) is 76.4 Å². The lowest BCUT2D eigenvalue weighted by Crippen LogP contribution is -2.33. The molecule has 0 fully saturated rings. The molecule has 1 amide bonds. The van der Waals surface area contributed by atoms with Crippen molar-refractivity contribution < 1.29 is 22.0 Å². The van der Waals surface area contributed by atoms with Gasteiger partial charge in [-0.15, -0.1) is 0 Å². The summed E-state index contributed by atoms with van der Waals surface area (Å²) in [6.07, 6.45) is 1.65. The maximum atomic E-state index is 13.1. The Balaban J connectivity index is 2.25. The lowest BCUT2D eigenvalue weighted by Gasteiger charge is -2.20. The van der Waals surface area contributed by atoms with Gasteiger partial charge in [-0.2, -0.15) is 0 Å². The zero-order chi connectivity index (χ0) is 18.7. The molecule has 2 rings (SSSR count). The van der Waals surface area contributed by atoms with Crippen LogP contribution in [0.5, 0.6) is 0 Å². The highest BCUT2D eigenvalue weighted by atomic mass is 32.2. The van der Waals surface area contributed by atoms with E-state index in [1.165, 1.54) is 18.4 Å². The maximum absolute atomic E-state index is 13.1. The van der Waals surface area contributed by atoms with E-state index in [0.29, 0.717) is 0 Å². The molecule has 1 heterocycles. The predicted octanol–water partition coefficient (Wildman–Crippen LogP) is 3.49. The summed E-state index contributed by atoms with van der Waals surface area (Å²) < 4.78 is 44.2. The molecule has 25 heavy (non-hydrogen) atoms. The molecule has 0 spiro atoms. The second kappa shape index (κ2) is 7.39. The Morgan fingerprint density at radius 1 is 1.20 bits per heavy atom. The SMILES string of the molecule is CC(C)(C)CC(=O)NCC(c1ccco1)S(=O)(=O)c1ccc(F)cc1. The number of halogens is 1. The maximum Gasteiger partial charge on any atom is 0.220 e. The fourth-order valence-electron chi connectivity index (χ4n) is 2.38. The zero-order valence-electron chi connectivity index (χ0n) is 14.5. The Bertz CT molecular complexity index is 806. The summed E-state index contributed by atoms with van der Waals surface area (Å²) >= 11 is 0. The standard InChI is InChI=1S/C18H22FNO4S/c1-18(2,3)11-17(21)20-12-16(15-5-4-10-24-15)25(22,23)14-8-6-13(19)7-9-14/h4-10,16H,11-12H2,1-3H3,(H,20,21). The molecule has 0 radical (unpaired) electrons. The number of amides is 1. The Kier molecular flexibility index (Phi) is 5.67. The number of rotatable bonds is 6. The van der Waals surface area contributed by atoms with Gasteiger partial charge in [-0.25, -0.2) is 12.8 Å². The molecule has 0 aliphatic rings. The van der Waals surface area contributed by atoms with Gasteiger partial charge in [0.2, 0.25) is 5.91 Å². The number of hydrogen-bond acceptors (Lipinski definition) is 4. The third-order valence-corrected chi connectivity index (χ3v) is 5.63. The number of furan rings is 1. The van der Waals surface area contributed by atoms with Crippen LogP contribution in [0, 0.1) is 11.2 Å². The Morgan fingerprint density at radius 3 is 2.36 bits per heavy atom. The fraction of sp³-hybridized carbons (Fsp3) is 0.389. The summed E-state index contributed by atoms with van der Waals surface area (Å²) in [7, 11) is -3.86. The molecule has 7 heteroatoms. The van der Waals surface area contributed by atoms with Crippen molar-refractivity contribution in [3.63, 3.8) is 0 Å². The average Bonchev–Trinajstić information content (AvgIpc) is 2.99. The normalized spacial score (nSPS) is 13.4. The molecule has 0 saturated heterocycles. The van der Waals surface area contributed by atoms with Crippen LogP contribution in [0.25, 0.3) is 0 Å². The summed E-state index contributed by atoms with van der Waals surface area (Å²) in [4.78, 5) is 12.0. The molecule has 1 unspecified atom stereocenters. The van der Waals surface area contributed by atoms with Gasteiger partial charge in [0.15, 0.2) is 9.84 Å². The summed E-state index contributed by atoms with van der Waals surface area (Å²) in [5, 5.41) is 1.58. The van der Waals surface area contributed by atoms with Crippen LogP contribution in [0.3, 0.4) is 0 Å². The number of sulfone groups is 1. The molecule has 1 aromatic carbocycles. The molecule has 1 N–H and O–H groups in total. The highest BCUT2D eigenvalue weighted by Crippen LogP contribution is 2.29. The highest BCUT2D eigenvalue weighted by molar-refractivity contribution is 7.91. The largest absolute Gasteiger partial charge is 0.468 e. The van der Waals surface area contributed by atoms with Crippen LogP contribution in [0.2, 0.25) is 0 Å². The van der Waals surface area contributed by atoms with E-state index in [1.807, 2.05) is 20.8 Å². The van der Waals surface area contributed by atoms with Crippen LogP contribution in [0.4, 0.5) is 4.39 Å². The highest BCUT2D eigenvalue weighted by Gasteiger charge is 2.32. The third kappa shape index (κ3) is 5.16.